The summed E-state index contributed by atoms with van der Waals surface area (Å²) in [5.74, 6) is -0.316. The minimum absolute atomic E-state index is 0.0403. The van der Waals surface area contributed by atoms with Gasteiger partial charge in [-0.1, -0.05) is 73.9 Å². The monoisotopic (exact) mass is 1440 g/mol. The number of nitrogens with zero attached hydrogens (tertiary/aromatic N) is 6. The second-order valence-electron chi connectivity index (χ2n) is 29.1. The summed E-state index contributed by atoms with van der Waals surface area (Å²) in [5, 5.41) is 6.79. The van der Waals surface area contributed by atoms with Crippen LogP contribution in [0.2, 0.25) is 0 Å². The highest BCUT2D eigenvalue weighted by Crippen LogP contribution is 2.31. The first kappa shape index (κ1) is 74.3. The van der Waals surface area contributed by atoms with E-state index < -0.39 is 0 Å². The summed E-state index contributed by atoms with van der Waals surface area (Å²) in [6.45, 7) is 12.3. The SMILES string of the molecule is Cc1cc2nc3cc(C)c(CCC(=O)CCCCCC(=O)c4cc(C(=O)CCCCCC(=O)CNc5cc6c(cc5C)nc5cc(C)c(N)cc5[n+]6-c5ccccc5)cc(C(=O)CCCCCC(=O)CNc5cc6c(cc5C)nc5cc(C)c(N)cc5[n+]6-c5ccccc5)c4)cc3[n+](-c3ccccc3)c2cc1N. The molecule has 0 aliphatic heterocycles. The molecule has 3 heterocycles. The Morgan fingerprint density at radius 3 is 0.935 bits per heavy atom. The van der Waals surface area contributed by atoms with Gasteiger partial charge in [0, 0.05) is 163 Å². The van der Waals surface area contributed by atoms with E-state index in [0.29, 0.717) is 124 Å². The number of hydrogen-bond donors (Lipinski definition) is 5. The third-order valence-corrected chi connectivity index (χ3v) is 21.0. The number of anilines is 5. The summed E-state index contributed by atoms with van der Waals surface area (Å²) in [5.41, 5.74) is 44.0. The first-order valence-electron chi connectivity index (χ1n) is 37.8. The van der Waals surface area contributed by atoms with E-state index in [1.807, 2.05) is 174 Å². The van der Waals surface area contributed by atoms with Crippen molar-refractivity contribution >= 4 is 129 Å². The zero-order valence-electron chi connectivity index (χ0n) is 62.6. The predicted molar refractivity (Wildman–Crippen MR) is 433 cm³/mol. The van der Waals surface area contributed by atoms with Crippen molar-refractivity contribution in [1.82, 2.24) is 15.0 Å². The van der Waals surface area contributed by atoms with Gasteiger partial charge in [-0.3, -0.25) is 28.8 Å². The van der Waals surface area contributed by atoms with Crippen LogP contribution >= 0.6 is 0 Å². The zero-order valence-corrected chi connectivity index (χ0v) is 62.6. The number of aromatic nitrogens is 6. The van der Waals surface area contributed by atoms with Crippen LogP contribution in [0.25, 0.3) is 83.3 Å². The van der Waals surface area contributed by atoms with Gasteiger partial charge in [0.15, 0.2) is 28.9 Å². The van der Waals surface area contributed by atoms with Crippen molar-refractivity contribution in [1.29, 1.82) is 0 Å². The molecule has 0 saturated heterocycles. The number of para-hydroxylation sites is 3. The number of aryl methyl sites for hydroxylation is 7. The lowest BCUT2D eigenvalue weighted by Gasteiger charge is -2.12. The first-order valence-corrected chi connectivity index (χ1v) is 37.8. The lowest BCUT2D eigenvalue weighted by molar-refractivity contribution is -0.538. The number of benzene rings is 10. The number of rotatable bonds is 33. The Labute approximate surface area is 629 Å². The quantitative estimate of drug-likeness (QED) is 0.00843. The average Bonchev–Trinajstić information content (AvgIpc) is 0.759. The Morgan fingerprint density at radius 2 is 0.593 bits per heavy atom. The second-order valence-corrected chi connectivity index (χ2v) is 29.1. The maximum Gasteiger partial charge on any atom is 0.239 e. The summed E-state index contributed by atoms with van der Waals surface area (Å²) in [6.07, 6.45) is 7.79. The van der Waals surface area contributed by atoms with Crippen molar-refractivity contribution in [2.24, 2.45) is 0 Å². The number of fused-ring (bicyclic) bond motifs is 6. The van der Waals surface area contributed by atoms with E-state index in [9.17, 15) is 28.8 Å². The van der Waals surface area contributed by atoms with Gasteiger partial charge in [0.05, 0.1) is 13.1 Å². The molecule has 13 aromatic rings. The fourth-order valence-corrected chi connectivity index (χ4v) is 14.6. The molecule has 108 heavy (non-hydrogen) atoms. The molecule has 0 atom stereocenters. The Morgan fingerprint density at radius 1 is 0.306 bits per heavy atom. The molecular weight excluding hydrogens is 1340 g/mol. The highest BCUT2D eigenvalue weighted by molar-refractivity contribution is 6.06. The lowest BCUT2D eigenvalue weighted by atomic mass is 9.93. The third-order valence-electron chi connectivity index (χ3n) is 21.0. The number of nitrogens with one attached hydrogen (secondary N) is 2. The standard InChI is InChI=1S/C91H91N11O6/c1-56-39-77-83(100(66-25-13-7-14-26-66)84-49-72(92)57(2)40-78(84)97-77)48-62(56)37-38-69(103)31-19-10-22-34-89(106)63-45-64(90(107)35-23-11-20-32-70(104)54-95-75-52-87-81(43-60(75)5)98-79-41-58(3)73(93)50-85(79)101(87)67-27-15-8-16-28-67)47-65(46-63)91(108)36-24-12-21-33-71(105)55-96-76-53-88-82(44-61(76)6)99-80-42-59(4)74(94)51-86(80)102(88)68-29-17-9-18-30-68/h7-9,13-18,25-30,39-53,92H,10-12,19-24,31-38,54-55H2,1-6H3,(H4,93,94,95,96)/p+3. The smallest absolute Gasteiger partial charge is 0.239 e. The molecule has 8 N–H and O–H groups in total. The van der Waals surface area contributed by atoms with Gasteiger partial charge in [-0.25, -0.2) is 15.0 Å². The van der Waals surface area contributed by atoms with Gasteiger partial charge in [-0.2, -0.15) is 0 Å². The second kappa shape index (κ2) is 33.2. The molecule has 0 amide bonds. The Bertz CT molecular complexity index is 5120. The van der Waals surface area contributed by atoms with E-state index in [1.54, 1.807) is 18.2 Å². The number of unbranched alkanes of at least 4 members (excludes halogenated alkanes) is 6. The molecule has 0 aliphatic carbocycles. The minimum Gasteiger partial charge on any atom is -0.398 e. The van der Waals surface area contributed by atoms with Gasteiger partial charge in [0.25, 0.3) is 0 Å². The van der Waals surface area contributed by atoms with E-state index >= 15 is 0 Å². The molecule has 546 valence electrons. The molecule has 10 aromatic carbocycles. The van der Waals surface area contributed by atoms with Crippen LogP contribution in [0.1, 0.15) is 173 Å². The van der Waals surface area contributed by atoms with Gasteiger partial charge in [-0.15, -0.1) is 13.7 Å². The molecule has 13 rings (SSSR count). The largest absolute Gasteiger partial charge is 0.398 e. The maximum atomic E-state index is 14.2. The molecule has 0 saturated carbocycles. The van der Waals surface area contributed by atoms with Crippen molar-refractivity contribution in [2.45, 2.75) is 151 Å². The van der Waals surface area contributed by atoms with Crippen LogP contribution in [0.5, 0.6) is 0 Å². The third kappa shape index (κ3) is 17.0. The number of hydrogen-bond acceptors (Lipinski definition) is 14. The Balaban J connectivity index is 0.621. The van der Waals surface area contributed by atoms with E-state index in [0.717, 1.165) is 134 Å². The van der Waals surface area contributed by atoms with Crippen molar-refractivity contribution in [3.63, 3.8) is 0 Å². The van der Waals surface area contributed by atoms with Crippen LogP contribution in [-0.4, -0.2) is 62.7 Å². The molecule has 0 aliphatic rings. The molecule has 0 fully saturated rings. The van der Waals surface area contributed by atoms with Crippen LogP contribution in [0, 0.1) is 41.5 Å². The molecular formula is C91H94N11O6+3. The van der Waals surface area contributed by atoms with Gasteiger partial charge in [-0.05, 0) is 180 Å². The van der Waals surface area contributed by atoms with Crippen molar-refractivity contribution in [2.75, 3.05) is 40.9 Å². The summed E-state index contributed by atoms with van der Waals surface area (Å²) >= 11 is 0. The molecule has 0 spiro atoms. The molecule has 17 heteroatoms. The van der Waals surface area contributed by atoms with Crippen LogP contribution in [0.4, 0.5) is 28.4 Å². The van der Waals surface area contributed by atoms with Crippen LogP contribution in [-0.2, 0) is 20.8 Å². The molecule has 0 bridgehead atoms. The van der Waals surface area contributed by atoms with Gasteiger partial charge in [0.2, 0.25) is 50.2 Å². The normalized spacial score (nSPS) is 11.5. The zero-order chi connectivity index (χ0) is 75.7. The summed E-state index contributed by atoms with van der Waals surface area (Å²) in [7, 11) is 0. The molecule has 0 radical (unpaired) electrons. The van der Waals surface area contributed by atoms with Crippen LogP contribution in [0.15, 0.2) is 182 Å². The Kier molecular flexibility index (Phi) is 22.9. The number of carbonyl (C=O) groups is 6. The van der Waals surface area contributed by atoms with Gasteiger partial charge in [0.1, 0.15) is 38.9 Å². The van der Waals surface area contributed by atoms with Gasteiger partial charge < -0.3 is 27.8 Å². The summed E-state index contributed by atoms with van der Waals surface area (Å²) in [4.78, 5) is 98.0. The average molecular weight is 1440 g/mol. The van der Waals surface area contributed by atoms with Crippen molar-refractivity contribution in [3.8, 4) is 17.1 Å². The van der Waals surface area contributed by atoms with Crippen LogP contribution in [0.3, 0.4) is 0 Å². The first-order chi connectivity index (χ1) is 52.2. The number of nitrogen functional groups attached to an aromatic ring is 3. The van der Waals surface area contributed by atoms with Crippen molar-refractivity contribution in [3.05, 3.63) is 238 Å². The molecule has 3 aromatic heterocycles. The van der Waals surface area contributed by atoms with E-state index in [1.165, 1.54) is 0 Å². The predicted octanol–water partition coefficient (Wildman–Crippen LogP) is 17.2. The lowest BCUT2D eigenvalue weighted by Crippen LogP contribution is -2.33. The van der Waals surface area contributed by atoms with Gasteiger partial charge >= 0.3 is 0 Å². The maximum absolute atomic E-state index is 14.2. The molecule has 0 unspecified atom stereocenters. The molecule has 17 nitrogen and oxygen atoms in total. The fourth-order valence-electron chi connectivity index (χ4n) is 14.6. The number of carbonyl (C=O) groups excluding carboxylic acids is 6. The Hall–Kier alpha value is -12.0. The number of nitrogens with two attached hydrogens (primary N) is 3. The summed E-state index contributed by atoms with van der Waals surface area (Å²) < 4.78 is 6.49. The van der Waals surface area contributed by atoms with E-state index in [4.69, 9.17) is 32.2 Å². The minimum atomic E-state index is -0.184. The highest BCUT2D eigenvalue weighted by Gasteiger charge is 2.27. The van der Waals surface area contributed by atoms with E-state index in [2.05, 4.69) is 55.5 Å². The topological polar surface area (TPSA) is 255 Å². The van der Waals surface area contributed by atoms with Crippen molar-refractivity contribution < 1.29 is 42.5 Å². The highest BCUT2D eigenvalue weighted by atomic mass is 16.1. The summed E-state index contributed by atoms with van der Waals surface area (Å²) in [6, 6.07) is 59.4. The number of ketones is 6. The van der Waals surface area contributed by atoms with E-state index in [-0.39, 0.29) is 67.1 Å². The van der Waals surface area contributed by atoms with Crippen LogP contribution < -0.4 is 41.5 Å². The fraction of sp³-hybridized carbons (Fsp3) is 0.275. The number of Topliss-reactive ketones (excluding diaryl/α,β-unsaturated/α-hetero) is 6.